The number of aliphatic hydroxyl groups excluding tert-OH is 1. The Morgan fingerprint density at radius 3 is 2.83 bits per heavy atom. The van der Waals surface area contributed by atoms with Crippen molar-refractivity contribution in [3.05, 3.63) is 29.8 Å². The van der Waals surface area contributed by atoms with Crippen molar-refractivity contribution in [1.29, 1.82) is 0 Å². The van der Waals surface area contributed by atoms with Crippen molar-refractivity contribution in [2.45, 2.75) is 20.0 Å². The monoisotopic (exact) mass is 165 g/mol. The first-order valence-electron chi connectivity index (χ1n) is 4.17. The topological polar surface area (TPSA) is 32.3 Å². The second-order valence-electron chi connectivity index (χ2n) is 3.10. The van der Waals surface area contributed by atoms with E-state index in [1.807, 2.05) is 25.1 Å². The number of rotatable bonds is 3. The van der Waals surface area contributed by atoms with E-state index in [0.717, 1.165) is 5.69 Å². The minimum atomic E-state index is -0.300. The molecule has 1 atom stereocenters. The normalized spacial score (nSPS) is 12.6. The maximum absolute atomic E-state index is 9.02. The summed E-state index contributed by atoms with van der Waals surface area (Å²) in [6, 6.07) is 8.10. The highest BCUT2D eigenvalue weighted by molar-refractivity contribution is 5.45. The van der Waals surface area contributed by atoms with Crippen LogP contribution >= 0.6 is 0 Å². The molecule has 0 aliphatic carbocycles. The van der Waals surface area contributed by atoms with Crippen LogP contribution < -0.4 is 5.32 Å². The molecule has 0 unspecified atom stereocenters. The Labute approximate surface area is 73.2 Å². The van der Waals surface area contributed by atoms with Gasteiger partial charge in [-0.15, -0.1) is 0 Å². The summed E-state index contributed by atoms with van der Waals surface area (Å²) < 4.78 is 0. The lowest BCUT2D eigenvalue weighted by Gasteiger charge is -2.08. The van der Waals surface area contributed by atoms with Gasteiger partial charge >= 0.3 is 0 Å². The summed E-state index contributed by atoms with van der Waals surface area (Å²) in [4.78, 5) is 0. The molecule has 12 heavy (non-hydrogen) atoms. The van der Waals surface area contributed by atoms with Crippen LogP contribution in [0.5, 0.6) is 0 Å². The van der Waals surface area contributed by atoms with Crippen LogP contribution in [0.1, 0.15) is 12.5 Å². The molecule has 2 nitrogen and oxygen atoms in total. The number of hydrogen-bond donors (Lipinski definition) is 2. The third-order valence-electron chi connectivity index (χ3n) is 1.62. The van der Waals surface area contributed by atoms with Gasteiger partial charge in [-0.2, -0.15) is 0 Å². The highest BCUT2D eigenvalue weighted by Gasteiger charge is 1.95. The maximum Gasteiger partial charge on any atom is 0.0684 e. The van der Waals surface area contributed by atoms with Gasteiger partial charge in [-0.3, -0.25) is 0 Å². The van der Waals surface area contributed by atoms with Gasteiger partial charge in [-0.1, -0.05) is 12.1 Å². The zero-order chi connectivity index (χ0) is 8.97. The lowest BCUT2D eigenvalue weighted by molar-refractivity contribution is 0.208. The smallest absolute Gasteiger partial charge is 0.0684 e. The molecule has 0 amide bonds. The Kier molecular flexibility index (Phi) is 3.11. The molecule has 0 aromatic heterocycles. The molecular weight excluding hydrogens is 150 g/mol. The molecule has 0 heterocycles. The Hall–Kier alpha value is -1.02. The van der Waals surface area contributed by atoms with Crippen LogP contribution in [0.25, 0.3) is 0 Å². The number of aryl methyl sites for hydroxylation is 1. The molecule has 2 heteroatoms. The van der Waals surface area contributed by atoms with E-state index in [1.54, 1.807) is 6.92 Å². The van der Waals surface area contributed by atoms with E-state index in [0.29, 0.717) is 6.54 Å². The zero-order valence-corrected chi connectivity index (χ0v) is 7.54. The van der Waals surface area contributed by atoms with E-state index in [9.17, 15) is 0 Å². The van der Waals surface area contributed by atoms with Gasteiger partial charge < -0.3 is 10.4 Å². The number of nitrogens with one attached hydrogen (secondary N) is 1. The third-order valence-corrected chi connectivity index (χ3v) is 1.62. The number of hydrogen-bond acceptors (Lipinski definition) is 2. The molecule has 1 aromatic rings. The average Bonchev–Trinajstić information content (AvgIpc) is 2.01. The van der Waals surface area contributed by atoms with Crippen molar-refractivity contribution in [2.75, 3.05) is 11.9 Å². The van der Waals surface area contributed by atoms with Gasteiger partial charge in [0.15, 0.2) is 0 Å². The van der Waals surface area contributed by atoms with Crippen LogP contribution in [-0.2, 0) is 0 Å². The van der Waals surface area contributed by atoms with E-state index in [4.69, 9.17) is 5.11 Å². The minimum absolute atomic E-state index is 0.300. The highest BCUT2D eigenvalue weighted by Crippen LogP contribution is 2.08. The van der Waals surface area contributed by atoms with Crippen molar-refractivity contribution in [3.63, 3.8) is 0 Å². The number of anilines is 1. The van der Waals surface area contributed by atoms with Crippen LogP contribution in [0.4, 0.5) is 5.69 Å². The van der Waals surface area contributed by atoms with Crippen molar-refractivity contribution >= 4 is 5.69 Å². The fourth-order valence-electron chi connectivity index (χ4n) is 1.02. The summed E-state index contributed by atoms with van der Waals surface area (Å²) in [5, 5.41) is 12.2. The van der Waals surface area contributed by atoms with Gasteiger partial charge in [0.2, 0.25) is 0 Å². The second-order valence-corrected chi connectivity index (χ2v) is 3.10. The van der Waals surface area contributed by atoms with Gasteiger partial charge in [0.1, 0.15) is 0 Å². The van der Waals surface area contributed by atoms with Crippen LogP contribution in [0.15, 0.2) is 24.3 Å². The molecule has 66 valence electrons. The van der Waals surface area contributed by atoms with E-state index >= 15 is 0 Å². The summed E-state index contributed by atoms with van der Waals surface area (Å²) in [7, 11) is 0. The lowest BCUT2D eigenvalue weighted by Crippen LogP contribution is -2.15. The standard InChI is InChI=1S/C10H15NO/c1-8-4-3-5-10(6-8)11-7-9(2)12/h3-6,9,11-12H,7H2,1-2H3/t9-/m0/s1. The van der Waals surface area contributed by atoms with E-state index in [-0.39, 0.29) is 6.10 Å². The predicted octanol–water partition coefficient (Wildman–Crippen LogP) is 1.79. The molecule has 0 aliphatic rings. The molecule has 0 saturated heterocycles. The lowest BCUT2D eigenvalue weighted by atomic mass is 10.2. The molecule has 0 spiro atoms. The van der Waals surface area contributed by atoms with Gasteiger partial charge in [0.05, 0.1) is 6.10 Å². The molecule has 2 N–H and O–H groups in total. The molecule has 0 saturated carbocycles. The zero-order valence-electron chi connectivity index (χ0n) is 7.54. The second kappa shape index (κ2) is 4.12. The van der Waals surface area contributed by atoms with E-state index < -0.39 is 0 Å². The Morgan fingerprint density at radius 1 is 1.50 bits per heavy atom. The quantitative estimate of drug-likeness (QED) is 0.715. The van der Waals surface area contributed by atoms with Crippen LogP contribution in [0.3, 0.4) is 0 Å². The van der Waals surface area contributed by atoms with Crippen molar-refractivity contribution in [2.24, 2.45) is 0 Å². The first kappa shape index (κ1) is 9.07. The van der Waals surface area contributed by atoms with Crippen molar-refractivity contribution in [1.82, 2.24) is 0 Å². The predicted molar refractivity (Wildman–Crippen MR) is 51.3 cm³/mol. The summed E-state index contributed by atoms with van der Waals surface area (Å²) in [6.45, 7) is 4.42. The summed E-state index contributed by atoms with van der Waals surface area (Å²) >= 11 is 0. The maximum atomic E-state index is 9.02. The van der Waals surface area contributed by atoms with Crippen LogP contribution in [-0.4, -0.2) is 17.8 Å². The van der Waals surface area contributed by atoms with E-state index in [2.05, 4.69) is 11.4 Å². The first-order chi connectivity index (χ1) is 5.68. The molecule has 0 aliphatic heterocycles. The summed E-state index contributed by atoms with van der Waals surface area (Å²) in [5.41, 5.74) is 2.29. The van der Waals surface area contributed by atoms with Gasteiger partial charge in [0, 0.05) is 12.2 Å². The number of benzene rings is 1. The third kappa shape index (κ3) is 2.93. The molecule has 0 fully saturated rings. The van der Waals surface area contributed by atoms with Crippen molar-refractivity contribution < 1.29 is 5.11 Å². The molecule has 0 radical (unpaired) electrons. The fraction of sp³-hybridized carbons (Fsp3) is 0.400. The molecule has 0 bridgehead atoms. The van der Waals surface area contributed by atoms with Gasteiger partial charge in [-0.05, 0) is 31.5 Å². The fourth-order valence-corrected chi connectivity index (χ4v) is 1.02. The van der Waals surface area contributed by atoms with Gasteiger partial charge in [0.25, 0.3) is 0 Å². The molecular formula is C10H15NO. The summed E-state index contributed by atoms with van der Waals surface area (Å²) in [6.07, 6.45) is -0.300. The molecule has 1 rings (SSSR count). The SMILES string of the molecule is Cc1cccc(NC[C@H](C)O)c1. The van der Waals surface area contributed by atoms with Gasteiger partial charge in [-0.25, -0.2) is 0 Å². The summed E-state index contributed by atoms with van der Waals surface area (Å²) in [5.74, 6) is 0. The highest BCUT2D eigenvalue weighted by atomic mass is 16.3. The number of aliphatic hydroxyl groups is 1. The minimum Gasteiger partial charge on any atom is -0.392 e. The Balaban J connectivity index is 2.52. The first-order valence-corrected chi connectivity index (χ1v) is 4.17. The van der Waals surface area contributed by atoms with Crippen molar-refractivity contribution in [3.8, 4) is 0 Å². The Bertz CT molecular complexity index is 245. The Morgan fingerprint density at radius 2 is 2.25 bits per heavy atom. The molecule has 1 aromatic carbocycles. The van der Waals surface area contributed by atoms with Crippen LogP contribution in [0, 0.1) is 6.92 Å². The van der Waals surface area contributed by atoms with Crippen LogP contribution in [0.2, 0.25) is 0 Å². The average molecular weight is 165 g/mol. The van der Waals surface area contributed by atoms with E-state index in [1.165, 1.54) is 5.56 Å². The largest absolute Gasteiger partial charge is 0.392 e.